The Hall–Kier alpha value is -1.62. The molecule has 2 heterocycles. The van der Waals surface area contributed by atoms with Gasteiger partial charge in [0, 0.05) is 12.7 Å². The summed E-state index contributed by atoms with van der Waals surface area (Å²) in [7, 11) is 1.85. The summed E-state index contributed by atoms with van der Waals surface area (Å²) in [4.78, 5) is 11.7. The number of likely N-dealkylation sites (N-methyl/N-ethyl adjacent to an activating group) is 1. The first-order valence-electron chi connectivity index (χ1n) is 4.52. The standard InChI is InChI=1S/C9H12N4O/c1-10-5-7-13-9(14)12-6-3-2-4-8(12)11-13/h2-4,6,10H,5,7H2,1H3. The van der Waals surface area contributed by atoms with Gasteiger partial charge < -0.3 is 5.32 Å². The van der Waals surface area contributed by atoms with Crippen molar-refractivity contribution in [3.8, 4) is 0 Å². The van der Waals surface area contributed by atoms with Crippen LogP contribution in [0.3, 0.4) is 0 Å². The number of rotatable bonds is 3. The number of aromatic nitrogens is 3. The summed E-state index contributed by atoms with van der Waals surface area (Å²) in [6.45, 7) is 1.33. The zero-order chi connectivity index (χ0) is 9.97. The molecule has 0 amide bonds. The largest absolute Gasteiger partial charge is 0.350 e. The van der Waals surface area contributed by atoms with Crippen molar-refractivity contribution in [3.05, 3.63) is 34.9 Å². The van der Waals surface area contributed by atoms with E-state index in [0.717, 1.165) is 6.54 Å². The molecule has 0 unspecified atom stereocenters. The lowest BCUT2D eigenvalue weighted by Crippen LogP contribution is -2.25. The second-order valence-electron chi connectivity index (χ2n) is 3.04. The van der Waals surface area contributed by atoms with Crippen molar-refractivity contribution in [2.75, 3.05) is 13.6 Å². The van der Waals surface area contributed by atoms with Crippen LogP contribution in [-0.4, -0.2) is 27.8 Å². The molecule has 74 valence electrons. The van der Waals surface area contributed by atoms with E-state index in [1.165, 1.54) is 9.08 Å². The molecule has 0 atom stereocenters. The number of hydrogen-bond donors (Lipinski definition) is 1. The van der Waals surface area contributed by atoms with Gasteiger partial charge in [0.25, 0.3) is 0 Å². The Kier molecular flexibility index (Phi) is 2.32. The van der Waals surface area contributed by atoms with E-state index in [-0.39, 0.29) is 5.69 Å². The molecular formula is C9H12N4O. The van der Waals surface area contributed by atoms with Gasteiger partial charge in [-0.2, -0.15) is 0 Å². The first-order valence-corrected chi connectivity index (χ1v) is 4.52. The van der Waals surface area contributed by atoms with Crippen molar-refractivity contribution in [1.82, 2.24) is 19.5 Å². The second-order valence-corrected chi connectivity index (χ2v) is 3.04. The van der Waals surface area contributed by atoms with Gasteiger partial charge in [0.05, 0.1) is 6.54 Å². The molecule has 0 aliphatic heterocycles. The van der Waals surface area contributed by atoms with E-state index >= 15 is 0 Å². The molecule has 0 saturated carbocycles. The first-order chi connectivity index (χ1) is 6.83. The highest BCUT2D eigenvalue weighted by Gasteiger charge is 2.03. The maximum absolute atomic E-state index is 11.7. The molecule has 0 bridgehead atoms. The average Bonchev–Trinajstić information content (AvgIpc) is 2.54. The molecule has 0 aliphatic rings. The molecule has 2 aromatic rings. The topological polar surface area (TPSA) is 51.3 Å². The molecular weight excluding hydrogens is 180 g/mol. The average molecular weight is 192 g/mol. The van der Waals surface area contributed by atoms with Gasteiger partial charge in [0.1, 0.15) is 0 Å². The third kappa shape index (κ3) is 1.42. The van der Waals surface area contributed by atoms with Crippen LogP contribution in [0.15, 0.2) is 29.2 Å². The van der Waals surface area contributed by atoms with E-state index in [2.05, 4.69) is 10.4 Å². The van der Waals surface area contributed by atoms with Crippen molar-refractivity contribution < 1.29 is 0 Å². The van der Waals surface area contributed by atoms with Gasteiger partial charge >= 0.3 is 5.69 Å². The second kappa shape index (κ2) is 3.63. The smallest absolute Gasteiger partial charge is 0.318 e. The van der Waals surface area contributed by atoms with E-state index in [1.54, 1.807) is 6.20 Å². The van der Waals surface area contributed by atoms with Crippen molar-refractivity contribution in [2.45, 2.75) is 6.54 Å². The van der Waals surface area contributed by atoms with Crippen molar-refractivity contribution in [1.29, 1.82) is 0 Å². The minimum atomic E-state index is -0.0872. The Labute approximate surface area is 81.0 Å². The molecule has 0 fully saturated rings. The SMILES string of the molecule is CNCCn1nc2ccccn2c1=O. The fourth-order valence-corrected chi connectivity index (χ4v) is 1.33. The molecule has 14 heavy (non-hydrogen) atoms. The molecule has 5 nitrogen and oxygen atoms in total. The monoisotopic (exact) mass is 192 g/mol. The fraction of sp³-hybridized carbons (Fsp3) is 0.333. The first kappa shape index (κ1) is 8.96. The minimum absolute atomic E-state index is 0.0872. The van der Waals surface area contributed by atoms with Gasteiger partial charge in [-0.05, 0) is 19.2 Å². The summed E-state index contributed by atoms with van der Waals surface area (Å²) in [6.07, 6.45) is 1.72. The third-order valence-electron chi connectivity index (χ3n) is 2.06. The van der Waals surface area contributed by atoms with Gasteiger partial charge in [-0.1, -0.05) is 6.07 Å². The Morgan fingerprint density at radius 3 is 3.07 bits per heavy atom. The van der Waals surface area contributed by atoms with Gasteiger partial charge in [-0.15, -0.1) is 5.10 Å². The predicted molar refractivity (Wildman–Crippen MR) is 53.4 cm³/mol. The van der Waals surface area contributed by atoms with Crippen LogP contribution in [0, 0.1) is 0 Å². The highest BCUT2D eigenvalue weighted by Crippen LogP contribution is 1.94. The van der Waals surface area contributed by atoms with Crippen LogP contribution >= 0.6 is 0 Å². The lowest BCUT2D eigenvalue weighted by molar-refractivity contribution is 0.567. The number of pyridine rings is 1. The Morgan fingerprint density at radius 2 is 2.36 bits per heavy atom. The Morgan fingerprint density at radius 1 is 1.50 bits per heavy atom. The van der Waals surface area contributed by atoms with E-state index < -0.39 is 0 Å². The molecule has 2 aromatic heterocycles. The van der Waals surface area contributed by atoms with E-state index in [9.17, 15) is 4.79 Å². The van der Waals surface area contributed by atoms with Crippen molar-refractivity contribution in [3.63, 3.8) is 0 Å². The lowest BCUT2D eigenvalue weighted by atomic mass is 10.5. The zero-order valence-corrected chi connectivity index (χ0v) is 7.97. The van der Waals surface area contributed by atoms with Crippen LogP contribution in [0.1, 0.15) is 0 Å². The Balaban J connectivity index is 2.47. The molecule has 0 aromatic carbocycles. The molecule has 0 radical (unpaired) electrons. The van der Waals surface area contributed by atoms with Gasteiger partial charge in [-0.3, -0.25) is 4.40 Å². The maximum Gasteiger partial charge on any atom is 0.350 e. The van der Waals surface area contributed by atoms with Crippen LogP contribution < -0.4 is 11.0 Å². The van der Waals surface area contributed by atoms with E-state index in [4.69, 9.17) is 0 Å². The van der Waals surface area contributed by atoms with Crippen molar-refractivity contribution in [2.24, 2.45) is 0 Å². The summed E-state index contributed by atoms with van der Waals surface area (Å²) in [5.74, 6) is 0. The van der Waals surface area contributed by atoms with E-state index in [1.807, 2.05) is 25.2 Å². The van der Waals surface area contributed by atoms with Crippen LogP contribution in [-0.2, 0) is 6.54 Å². The molecule has 1 N–H and O–H groups in total. The molecule has 0 saturated heterocycles. The number of fused-ring (bicyclic) bond motifs is 1. The summed E-state index contributed by atoms with van der Waals surface area (Å²) in [6, 6.07) is 5.50. The van der Waals surface area contributed by atoms with Crippen LogP contribution in [0.5, 0.6) is 0 Å². The zero-order valence-electron chi connectivity index (χ0n) is 7.97. The predicted octanol–water partition coefficient (Wildman–Crippen LogP) is -0.285. The van der Waals surface area contributed by atoms with Crippen LogP contribution in [0.2, 0.25) is 0 Å². The highest BCUT2D eigenvalue weighted by molar-refractivity contribution is 5.35. The van der Waals surface area contributed by atoms with Gasteiger partial charge in [0.15, 0.2) is 5.65 Å². The van der Waals surface area contributed by atoms with Crippen molar-refractivity contribution >= 4 is 5.65 Å². The van der Waals surface area contributed by atoms with E-state index in [0.29, 0.717) is 12.2 Å². The maximum atomic E-state index is 11.7. The normalized spacial score (nSPS) is 10.9. The summed E-state index contributed by atoms with van der Waals surface area (Å²) in [5, 5.41) is 7.16. The molecule has 0 aliphatic carbocycles. The number of hydrogen-bond acceptors (Lipinski definition) is 3. The summed E-state index contributed by atoms with van der Waals surface area (Å²) >= 11 is 0. The Bertz CT molecular complexity index is 485. The molecule has 5 heteroatoms. The minimum Gasteiger partial charge on any atom is -0.318 e. The lowest BCUT2D eigenvalue weighted by Gasteiger charge is -1.95. The van der Waals surface area contributed by atoms with Gasteiger partial charge in [0.2, 0.25) is 0 Å². The van der Waals surface area contributed by atoms with Crippen LogP contribution in [0.25, 0.3) is 5.65 Å². The summed E-state index contributed by atoms with van der Waals surface area (Å²) < 4.78 is 3.00. The molecule has 2 rings (SSSR count). The fourth-order valence-electron chi connectivity index (χ4n) is 1.33. The number of nitrogens with zero attached hydrogens (tertiary/aromatic N) is 3. The number of nitrogens with one attached hydrogen (secondary N) is 1. The van der Waals surface area contributed by atoms with Crippen LogP contribution in [0.4, 0.5) is 0 Å². The third-order valence-corrected chi connectivity index (χ3v) is 2.06. The highest BCUT2D eigenvalue weighted by atomic mass is 16.2. The summed E-state index contributed by atoms with van der Waals surface area (Å²) in [5.41, 5.74) is 0.601. The van der Waals surface area contributed by atoms with Gasteiger partial charge in [-0.25, -0.2) is 9.48 Å². The quantitative estimate of drug-likeness (QED) is 0.727. The molecule has 0 spiro atoms.